The summed E-state index contributed by atoms with van der Waals surface area (Å²) in [6.07, 6.45) is 3.73. The molecule has 1 aliphatic carbocycles. The van der Waals surface area contributed by atoms with E-state index in [-0.39, 0.29) is 5.41 Å². The predicted molar refractivity (Wildman–Crippen MR) is 71.0 cm³/mol. The van der Waals surface area contributed by atoms with E-state index in [9.17, 15) is 0 Å². The molecule has 1 saturated carbocycles. The van der Waals surface area contributed by atoms with Gasteiger partial charge in [0.1, 0.15) is 11.6 Å². The van der Waals surface area contributed by atoms with Crippen LogP contribution in [0.1, 0.15) is 31.7 Å². The minimum atomic E-state index is 0.0805. The van der Waals surface area contributed by atoms with Crippen LogP contribution in [0.5, 0.6) is 5.75 Å². The maximum absolute atomic E-state index is 8.62. The van der Waals surface area contributed by atoms with E-state index in [2.05, 4.69) is 18.1 Å². The van der Waals surface area contributed by atoms with E-state index >= 15 is 0 Å². The maximum atomic E-state index is 8.62. The smallest absolute Gasteiger partial charge is 0.139 e. The number of hydrogen-bond donors (Lipinski definition) is 2. The fourth-order valence-corrected chi connectivity index (χ4v) is 2.14. The van der Waals surface area contributed by atoms with Crippen LogP contribution < -0.4 is 10.5 Å². The number of ether oxygens (including phenoxy) is 1. The normalized spacial score (nSPS) is 17.5. The van der Waals surface area contributed by atoms with Crippen LogP contribution in [0.3, 0.4) is 0 Å². The lowest BCUT2D eigenvalue weighted by molar-refractivity contribution is 0.234. The third kappa shape index (κ3) is 2.94. The summed E-state index contributed by atoms with van der Waals surface area (Å²) in [6, 6.07) is 8.09. The Kier molecular flexibility index (Phi) is 3.75. The van der Waals surface area contributed by atoms with Gasteiger partial charge in [0, 0.05) is 11.8 Å². The fourth-order valence-electron chi connectivity index (χ4n) is 2.14. The van der Waals surface area contributed by atoms with Crippen molar-refractivity contribution in [2.45, 2.75) is 32.6 Å². The highest BCUT2D eigenvalue weighted by atomic mass is 16.5. The van der Waals surface area contributed by atoms with Crippen molar-refractivity contribution < 1.29 is 9.94 Å². The van der Waals surface area contributed by atoms with Crippen LogP contribution in [0.2, 0.25) is 0 Å². The molecule has 98 valence electrons. The number of oxime groups is 1. The summed E-state index contributed by atoms with van der Waals surface area (Å²) in [5.41, 5.74) is 6.87. The topological polar surface area (TPSA) is 67.8 Å². The monoisotopic (exact) mass is 248 g/mol. The van der Waals surface area contributed by atoms with Crippen LogP contribution in [0.15, 0.2) is 29.4 Å². The van der Waals surface area contributed by atoms with Crippen molar-refractivity contribution in [3.8, 4) is 5.75 Å². The molecule has 1 aromatic carbocycles. The lowest BCUT2D eigenvalue weighted by Gasteiger charge is -2.17. The Morgan fingerprint density at radius 1 is 1.44 bits per heavy atom. The summed E-state index contributed by atoms with van der Waals surface area (Å²) in [7, 11) is 0. The number of hydrogen-bond acceptors (Lipinski definition) is 3. The summed E-state index contributed by atoms with van der Waals surface area (Å²) < 4.78 is 5.91. The maximum Gasteiger partial charge on any atom is 0.139 e. The van der Waals surface area contributed by atoms with Crippen LogP contribution >= 0.6 is 0 Å². The van der Waals surface area contributed by atoms with Gasteiger partial charge in [-0.15, -0.1) is 0 Å². The highest BCUT2D eigenvalue weighted by molar-refractivity contribution is 5.80. The molecule has 0 unspecified atom stereocenters. The average Bonchev–Trinajstić information content (AvgIpc) is 3.16. The molecule has 18 heavy (non-hydrogen) atoms. The van der Waals surface area contributed by atoms with Crippen molar-refractivity contribution in [1.82, 2.24) is 0 Å². The van der Waals surface area contributed by atoms with Crippen molar-refractivity contribution in [3.63, 3.8) is 0 Å². The van der Waals surface area contributed by atoms with Crippen LogP contribution in [-0.4, -0.2) is 17.6 Å². The molecule has 1 aliphatic rings. The molecular weight excluding hydrogens is 228 g/mol. The summed E-state index contributed by atoms with van der Waals surface area (Å²) in [4.78, 5) is 0. The van der Waals surface area contributed by atoms with Gasteiger partial charge in [-0.05, 0) is 30.9 Å². The second kappa shape index (κ2) is 5.29. The van der Waals surface area contributed by atoms with E-state index in [4.69, 9.17) is 15.7 Å². The van der Waals surface area contributed by atoms with E-state index in [1.807, 2.05) is 18.2 Å². The summed E-state index contributed by atoms with van der Waals surface area (Å²) >= 11 is 0. The first kappa shape index (κ1) is 12.7. The predicted octanol–water partition coefficient (Wildman–Crippen LogP) is 2.54. The molecule has 0 spiro atoms. The Balaban J connectivity index is 1.95. The van der Waals surface area contributed by atoms with Gasteiger partial charge in [-0.1, -0.05) is 30.3 Å². The molecule has 2 rings (SSSR count). The molecule has 0 aliphatic heterocycles. The molecule has 4 nitrogen and oxygen atoms in total. The molecule has 0 aromatic heterocycles. The van der Waals surface area contributed by atoms with Crippen molar-refractivity contribution in [2.75, 3.05) is 6.61 Å². The third-order valence-corrected chi connectivity index (χ3v) is 3.53. The number of nitrogens with zero attached hydrogens (tertiary/aromatic N) is 1. The quantitative estimate of drug-likeness (QED) is 0.352. The zero-order valence-corrected chi connectivity index (χ0v) is 10.7. The number of benzene rings is 1. The number of aryl methyl sites for hydroxylation is 1. The molecule has 0 saturated heterocycles. The largest absolute Gasteiger partial charge is 0.493 e. The molecule has 0 heterocycles. The van der Waals surface area contributed by atoms with Crippen molar-refractivity contribution in [3.05, 3.63) is 29.8 Å². The Morgan fingerprint density at radius 2 is 2.17 bits per heavy atom. The summed E-state index contributed by atoms with van der Waals surface area (Å²) in [5, 5.41) is 11.7. The zero-order chi connectivity index (χ0) is 13.0. The van der Waals surface area contributed by atoms with Crippen molar-refractivity contribution >= 4 is 5.84 Å². The Labute approximate surface area is 107 Å². The highest BCUT2D eigenvalue weighted by Gasteiger charge is 2.44. The van der Waals surface area contributed by atoms with Crippen LogP contribution in [0.25, 0.3) is 0 Å². The van der Waals surface area contributed by atoms with Gasteiger partial charge in [0.05, 0.1) is 6.61 Å². The summed E-state index contributed by atoms with van der Waals surface area (Å²) in [6.45, 7) is 2.76. The molecule has 1 aromatic rings. The van der Waals surface area contributed by atoms with E-state index in [0.29, 0.717) is 18.9 Å². The SMILES string of the molecule is CCc1ccccc1OCC1(CC(N)=NO)CC1. The molecular formula is C14H20N2O2. The molecule has 0 bridgehead atoms. The van der Waals surface area contributed by atoms with Crippen molar-refractivity contribution in [2.24, 2.45) is 16.3 Å². The lowest BCUT2D eigenvalue weighted by atomic mass is 10.0. The van der Waals surface area contributed by atoms with Gasteiger partial charge in [0.25, 0.3) is 0 Å². The minimum Gasteiger partial charge on any atom is -0.493 e. The third-order valence-electron chi connectivity index (χ3n) is 3.53. The molecule has 0 amide bonds. The zero-order valence-electron chi connectivity index (χ0n) is 10.7. The van der Waals surface area contributed by atoms with Gasteiger partial charge in [-0.3, -0.25) is 0 Å². The Hall–Kier alpha value is -1.71. The molecule has 1 fully saturated rings. The molecule has 0 radical (unpaired) electrons. The number of para-hydroxylation sites is 1. The van der Waals surface area contributed by atoms with E-state index in [1.165, 1.54) is 5.56 Å². The highest BCUT2D eigenvalue weighted by Crippen LogP contribution is 2.49. The number of rotatable bonds is 6. The second-order valence-corrected chi connectivity index (χ2v) is 5.02. The minimum absolute atomic E-state index is 0.0805. The van der Waals surface area contributed by atoms with Gasteiger partial charge in [0.15, 0.2) is 0 Å². The van der Waals surface area contributed by atoms with E-state index in [1.54, 1.807) is 0 Å². The van der Waals surface area contributed by atoms with Crippen LogP contribution in [0.4, 0.5) is 0 Å². The average molecular weight is 248 g/mol. The van der Waals surface area contributed by atoms with E-state index < -0.39 is 0 Å². The lowest BCUT2D eigenvalue weighted by Crippen LogP contribution is -2.22. The Morgan fingerprint density at radius 3 is 2.78 bits per heavy atom. The number of amidine groups is 1. The fraction of sp³-hybridized carbons (Fsp3) is 0.500. The van der Waals surface area contributed by atoms with Crippen molar-refractivity contribution in [1.29, 1.82) is 0 Å². The summed E-state index contributed by atoms with van der Waals surface area (Å²) in [5.74, 6) is 1.24. The van der Waals surface area contributed by atoms with Gasteiger partial charge >= 0.3 is 0 Å². The molecule has 3 N–H and O–H groups in total. The first-order valence-electron chi connectivity index (χ1n) is 6.36. The van der Waals surface area contributed by atoms with Gasteiger partial charge in [-0.2, -0.15) is 0 Å². The van der Waals surface area contributed by atoms with E-state index in [0.717, 1.165) is 25.0 Å². The second-order valence-electron chi connectivity index (χ2n) is 5.02. The van der Waals surface area contributed by atoms with Crippen LogP contribution in [-0.2, 0) is 6.42 Å². The standard InChI is InChI=1S/C14H20N2O2/c1-2-11-5-3-4-6-12(11)18-10-14(7-8-14)9-13(15)16-17/h3-6,17H,2,7-10H2,1H3,(H2,15,16). The van der Waals surface area contributed by atoms with Gasteiger partial charge < -0.3 is 15.7 Å². The van der Waals surface area contributed by atoms with Gasteiger partial charge in [0.2, 0.25) is 0 Å². The number of nitrogens with two attached hydrogens (primary N) is 1. The van der Waals surface area contributed by atoms with Gasteiger partial charge in [-0.25, -0.2) is 0 Å². The Bertz CT molecular complexity index is 439. The van der Waals surface area contributed by atoms with Crippen LogP contribution in [0, 0.1) is 5.41 Å². The first-order chi connectivity index (χ1) is 8.69. The first-order valence-corrected chi connectivity index (χ1v) is 6.36. The molecule has 4 heteroatoms. The molecule has 0 atom stereocenters.